The van der Waals surface area contributed by atoms with Gasteiger partial charge in [-0.25, -0.2) is 4.79 Å². The van der Waals surface area contributed by atoms with Crippen LogP contribution < -0.4 is 21.3 Å². The first-order valence-corrected chi connectivity index (χ1v) is 7.92. The quantitative estimate of drug-likeness (QED) is 0.894. The van der Waals surface area contributed by atoms with Gasteiger partial charge in [-0.05, 0) is 23.6 Å². The molecule has 2 aromatic rings. The molecule has 0 aliphatic carbocycles. The van der Waals surface area contributed by atoms with E-state index in [1.807, 2.05) is 44.2 Å². The second-order valence-electron chi connectivity index (χ2n) is 6.18. The monoisotopic (exact) mass is 342 g/mol. The molecule has 1 atom stereocenters. The first-order chi connectivity index (χ1) is 11.8. The number of nitriles is 1. The number of hydrogen-bond acceptors (Lipinski definition) is 5. The van der Waals surface area contributed by atoms with Gasteiger partial charge in [0.1, 0.15) is 17.6 Å². The lowest BCUT2D eigenvalue weighted by atomic mass is 9.95. The average Bonchev–Trinajstić information content (AvgIpc) is 2.61. The highest BCUT2D eigenvalue weighted by Crippen LogP contribution is 2.28. The van der Waals surface area contributed by atoms with Crippen LogP contribution in [0.4, 0.5) is 5.82 Å². The molecule has 0 saturated carbocycles. The summed E-state index contributed by atoms with van der Waals surface area (Å²) in [7, 11) is 4.50. The van der Waals surface area contributed by atoms with Crippen molar-refractivity contribution in [3.63, 3.8) is 0 Å². The minimum absolute atomic E-state index is 0.0799. The summed E-state index contributed by atoms with van der Waals surface area (Å²) >= 11 is 0. The molecule has 1 aromatic carbocycles. The van der Waals surface area contributed by atoms with Crippen LogP contribution in [-0.2, 0) is 14.1 Å². The maximum absolute atomic E-state index is 12.2. The SMILES string of the molecule is COc1ccc(C(Nc2c(C#N)c(=O)n(C)c(=O)n2C)C(C)C)cc1. The summed E-state index contributed by atoms with van der Waals surface area (Å²) in [6, 6.07) is 9.26. The molecule has 25 heavy (non-hydrogen) atoms. The van der Waals surface area contributed by atoms with Crippen molar-refractivity contribution >= 4 is 5.82 Å². The lowest BCUT2D eigenvalue weighted by Gasteiger charge is -2.26. The molecule has 1 unspecified atom stereocenters. The maximum atomic E-state index is 12.2. The van der Waals surface area contributed by atoms with Crippen LogP contribution in [0.2, 0.25) is 0 Å². The molecular formula is C18H22N4O3. The van der Waals surface area contributed by atoms with Crippen molar-refractivity contribution in [2.45, 2.75) is 19.9 Å². The molecule has 132 valence electrons. The number of benzene rings is 1. The molecule has 0 bridgehead atoms. The van der Waals surface area contributed by atoms with Crippen molar-refractivity contribution < 1.29 is 4.74 Å². The Bertz CT molecular complexity index is 918. The Morgan fingerprint density at radius 1 is 1.12 bits per heavy atom. The molecule has 0 aliphatic rings. The van der Waals surface area contributed by atoms with E-state index in [0.29, 0.717) is 0 Å². The van der Waals surface area contributed by atoms with Crippen LogP contribution in [0.15, 0.2) is 33.9 Å². The van der Waals surface area contributed by atoms with Crippen LogP contribution in [0, 0.1) is 17.2 Å². The fraction of sp³-hybridized carbons (Fsp3) is 0.389. The van der Waals surface area contributed by atoms with Crippen molar-refractivity contribution in [1.29, 1.82) is 5.26 Å². The van der Waals surface area contributed by atoms with Gasteiger partial charge in [-0.1, -0.05) is 26.0 Å². The highest BCUT2D eigenvalue weighted by Gasteiger charge is 2.22. The topological polar surface area (TPSA) is 89.1 Å². The lowest BCUT2D eigenvalue weighted by Crippen LogP contribution is -2.40. The Kier molecular flexibility index (Phi) is 5.32. The average molecular weight is 342 g/mol. The van der Waals surface area contributed by atoms with E-state index in [2.05, 4.69) is 5.32 Å². The fourth-order valence-corrected chi connectivity index (χ4v) is 2.71. The van der Waals surface area contributed by atoms with Crippen molar-refractivity contribution in [1.82, 2.24) is 9.13 Å². The molecule has 1 heterocycles. The Morgan fingerprint density at radius 3 is 2.20 bits per heavy atom. The van der Waals surface area contributed by atoms with Crippen molar-refractivity contribution in [2.75, 3.05) is 12.4 Å². The van der Waals surface area contributed by atoms with Gasteiger partial charge in [0, 0.05) is 14.1 Å². The third-order valence-electron chi connectivity index (χ3n) is 4.21. The third kappa shape index (κ3) is 3.43. The Morgan fingerprint density at radius 2 is 1.72 bits per heavy atom. The van der Waals surface area contributed by atoms with E-state index in [0.717, 1.165) is 15.9 Å². The predicted molar refractivity (Wildman–Crippen MR) is 95.8 cm³/mol. The third-order valence-corrected chi connectivity index (χ3v) is 4.21. The summed E-state index contributed by atoms with van der Waals surface area (Å²) < 4.78 is 7.40. The van der Waals surface area contributed by atoms with Gasteiger partial charge in [-0.3, -0.25) is 13.9 Å². The molecule has 1 aromatic heterocycles. The van der Waals surface area contributed by atoms with Crippen LogP contribution in [0.25, 0.3) is 0 Å². The van der Waals surface area contributed by atoms with E-state index in [-0.39, 0.29) is 23.3 Å². The number of nitrogens with zero attached hydrogens (tertiary/aromatic N) is 3. The van der Waals surface area contributed by atoms with E-state index >= 15 is 0 Å². The maximum Gasteiger partial charge on any atom is 0.332 e. The molecule has 2 rings (SSSR count). The van der Waals surface area contributed by atoms with E-state index in [1.165, 1.54) is 18.7 Å². The Balaban J connectivity index is 2.56. The molecule has 0 fully saturated rings. The Hall–Kier alpha value is -3.01. The molecule has 7 heteroatoms. The summed E-state index contributed by atoms with van der Waals surface area (Å²) in [4.78, 5) is 24.4. The zero-order chi connectivity index (χ0) is 18.7. The normalized spacial score (nSPS) is 11.9. The molecule has 0 amide bonds. The van der Waals surface area contributed by atoms with Crippen LogP contribution in [0.5, 0.6) is 5.75 Å². The minimum atomic E-state index is -0.606. The van der Waals surface area contributed by atoms with Gasteiger partial charge in [-0.2, -0.15) is 5.26 Å². The molecule has 0 spiro atoms. The molecule has 0 aliphatic heterocycles. The van der Waals surface area contributed by atoms with Gasteiger partial charge >= 0.3 is 5.69 Å². The van der Waals surface area contributed by atoms with E-state index < -0.39 is 11.2 Å². The number of anilines is 1. The van der Waals surface area contributed by atoms with Crippen LogP contribution in [0.1, 0.15) is 31.0 Å². The highest BCUT2D eigenvalue weighted by atomic mass is 16.5. The molecule has 0 saturated heterocycles. The van der Waals surface area contributed by atoms with Crippen molar-refractivity contribution in [3.8, 4) is 11.8 Å². The van der Waals surface area contributed by atoms with Crippen LogP contribution in [0.3, 0.4) is 0 Å². The Labute approximate surface area is 146 Å². The van der Waals surface area contributed by atoms with Gasteiger partial charge in [0.25, 0.3) is 5.56 Å². The van der Waals surface area contributed by atoms with E-state index in [1.54, 1.807) is 7.11 Å². The van der Waals surface area contributed by atoms with Crippen LogP contribution in [-0.4, -0.2) is 16.2 Å². The van der Waals surface area contributed by atoms with Gasteiger partial charge < -0.3 is 10.1 Å². The zero-order valence-corrected chi connectivity index (χ0v) is 15.0. The summed E-state index contributed by atoms with van der Waals surface area (Å²) in [5.74, 6) is 1.12. The van der Waals surface area contributed by atoms with Gasteiger partial charge in [-0.15, -0.1) is 0 Å². The number of methoxy groups -OCH3 is 1. The largest absolute Gasteiger partial charge is 0.497 e. The standard InChI is InChI=1S/C18H22N4O3/c1-11(2)15(12-6-8-13(25-5)9-7-12)20-16-14(10-19)17(23)22(4)18(24)21(16)3/h6-9,11,15,20H,1-5H3. The first-order valence-electron chi connectivity index (χ1n) is 7.92. The van der Waals surface area contributed by atoms with Gasteiger partial charge in [0.15, 0.2) is 5.56 Å². The molecule has 7 nitrogen and oxygen atoms in total. The summed E-state index contributed by atoms with van der Waals surface area (Å²) in [6.07, 6.45) is 0. The minimum Gasteiger partial charge on any atom is -0.497 e. The smallest absolute Gasteiger partial charge is 0.332 e. The summed E-state index contributed by atoms with van der Waals surface area (Å²) in [5, 5.41) is 12.6. The lowest BCUT2D eigenvalue weighted by molar-refractivity contribution is 0.414. The first kappa shape index (κ1) is 18.3. The number of ether oxygens (including phenoxy) is 1. The highest BCUT2D eigenvalue weighted by molar-refractivity contribution is 5.53. The van der Waals surface area contributed by atoms with Gasteiger partial charge in [0.2, 0.25) is 0 Å². The summed E-state index contributed by atoms with van der Waals surface area (Å²) in [5.41, 5.74) is -0.203. The fourth-order valence-electron chi connectivity index (χ4n) is 2.71. The summed E-state index contributed by atoms with van der Waals surface area (Å²) in [6.45, 7) is 4.04. The van der Waals surface area contributed by atoms with Crippen molar-refractivity contribution in [2.24, 2.45) is 20.0 Å². The van der Waals surface area contributed by atoms with Crippen molar-refractivity contribution in [3.05, 3.63) is 56.2 Å². The zero-order valence-electron chi connectivity index (χ0n) is 15.0. The predicted octanol–water partition coefficient (Wildman–Crippen LogP) is 1.77. The number of nitrogens with one attached hydrogen (secondary N) is 1. The number of rotatable bonds is 5. The van der Waals surface area contributed by atoms with E-state index in [4.69, 9.17) is 4.74 Å². The second kappa shape index (κ2) is 7.26. The van der Waals surface area contributed by atoms with Gasteiger partial charge in [0.05, 0.1) is 13.2 Å². The van der Waals surface area contributed by atoms with E-state index in [9.17, 15) is 14.9 Å². The molecule has 0 radical (unpaired) electrons. The molecule has 1 N–H and O–H groups in total. The second-order valence-corrected chi connectivity index (χ2v) is 6.18. The number of hydrogen-bond donors (Lipinski definition) is 1. The molecular weight excluding hydrogens is 320 g/mol. The number of aromatic nitrogens is 2. The van der Waals surface area contributed by atoms with Crippen LogP contribution >= 0.6 is 0 Å².